The molecular weight excluding hydrogens is 394 g/mol. The number of hydrogen-bond donors (Lipinski definition) is 1. The lowest BCUT2D eigenvalue weighted by Crippen LogP contribution is -2.48. The molecule has 0 saturated carbocycles. The summed E-state index contributed by atoms with van der Waals surface area (Å²) in [6, 6.07) is 13.3. The van der Waals surface area contributed by atoms with Crippen molar-refractivity contribution in [3.8, 4) is 11.5 Å². The highest BCUT2D eigenvalue weighted by Crippen LogP contribution is 2.38. The van der Waals surface area contributed by atoms with Crippen LogP contribution in [0.1, 0.15) is 11.4 Å². The minimum absolute atomic E-state index is 0.529. The van der Waals surface area contributed by atoms with Crippen LogP contribution < -0.4 is 10.5 Å². The van der Waals surface area contributed by atoms with Gasteiger partial charge in [0.25, 0.3) is 0 Å². The zero-order valence-corrected chi connectivity index (χ0v) is 16.2. The van der Waals surface area contributed by atoms with E-state index in [2.05, 4.69) is 24.5 Å². The molecular formula is C20H18ClN5O3. The van der Waals surface area contributed by atoms with E-state index in [1.165, 1.54) is 0 Å². The van der Waals surface area contributed by atoms with Gasteiger partial charge in [-0.05, 0) is 30.3 Å². The zero-order chi connectivity index (χ0) is 19.8. The number of amidine groups is 1. The fourth-order valence-corrected chi connectivity index (χ4v) is 3.77. The molecule has 2 aliphatic rings. The van der Waals surface area contributed by atoms with Crippen LogP contribution in [0, 0.1) is 0 Å². The van der Waals surface area contributed by atoms with Crippen LogP contribution in [-0.2, 0) is 6.54 Å². The fourth-order valence-electron chi connectivity index (χ4n) is 3.59. The lowest BCUT2D eigenvalue weighted by atomic mass is 10.1. The Morgan fingerprint density at radius 2 is 1.90 bits per heavy atom. The summed E-state index contributed by atoms with van der Waals surface area (Å²) >= 11 is 6.28. The van der Waals surface area contributed by atoms with Gasteiger partial charge in [0.15, 0.2) is 11.6 Å². The number of nitrogens with one attached hydrogen (secondary N) is 1. The molecule has 0 bridgehead atoms. The lowest BCUT2D eigenvalue weighted by Gasteiger charge is -2.36. The van der Waals surface area contributed by atoms with E-state index in [0.717, 1.165) is 54.8 Å². The second-order valence-electron chi connectivity index (χ2n) is 6.95. The third kappa shape index (κ3) is 3.64. The van der Waals surface area contributed by atoms with Crippen molar-refractivity contribution in [3.63, 3.8) is 0 Å². The van der Waals surface area contributed by atoms with Crippen molar-refractivity contribution in [2.45, 2.75) is 6.54 Å². The van der Waals surface area contributed by atoms with E-state index in [0.29, 0.717) is 17.4 Å². The van der Waals surface area contributed by atoms with Gasteiger partial charge in [-0.3, -0.25) is 14.4 Å². The summed E-state index contributed by atoms with van der Waals surface area (Å²) in [5.74, 6) is 2.32. The van der Waals surface area contributed by atoms with Crippen molar-refractivity contribution < 1.29 is 9.26 Å². The Kier molecular flexibility index (Phi) is 4.57. The van der Waals surface area contributed by atoms with E-state index in [4.69, 9.17) is 21.3 Å². The van der Waals surface area contributed by atoms with Crippen LogP contribution in [0.3, 0.4) is 0 Å². The minimum Gasteiger partial charge on any atom is -0.454 e. The molecule has 0 atom stereocenters. The zero-order valence-electron chi connectivity index (χ0n) is 15.5. The second kappa shape index (κ2) is 7.38. The number of para-hydroxylation sites is 2. The van der Waals surface area contributed by atoms with E-state index in [9.17, 15) is 4.79 Å². The number of rotatable bonds is 2. The van der Waals surface area contributed by atoms with Crippen LogP contribution in [-0.4, -0.2) is 52.0 Å². The van der Waals surface area contributed by atoms with E-state index in [-0.39, 0.29) is 0 Å². The first kappa shape index (κ1) is 18.0. The highest BCUT2D eigenvalue weighted by molar-refractivity contribution is 6.31. The Morgan fingerprint density at radius 3 is 2.69 bits per heavy atom. The number of hydrogen-bond acceptors (Lipinski definition) is 7. The summed E-state index contributed by atoms with van der Waals surface area (Å²) in [7, 11) is 0. The molecule has 2 aliphatic heterocycles. The van der Waals surface area contributed by atoms with Gasteiger partial charge in [0.05, 0.1) is 12.1 Å². The molecule has 2 aromatic carbocycles. The van der Waals surface area contributed by atoms with Crippen molar-refractivity contribution in [2.75, 3.05) is 26.2 Å². The van der Waals surface area contributed by atoms with Gasteiger partial charge in [-0.25, -0.2) is 9.79 Å². The van der Waals surface area contributed by atoms with Crippen LogP contribution in [0.15, 0.2) is 56.8 Å². The molecule has 1 aromatic heterocycles. The number of ether oxygens (including phenoxy) is 1. The molecule has 0 amide bonds. The van der Waals surface area contributed by atoms with Gasteiger partial charge in [-0.15, -0.1) is 0 Å². The maximum absolute atomic E-state index is 11.1. The molecule has 148 valence electrons. The summed E-state index contributed by atoms with van der Waals surface area (Å²) in [6.45, 7) is 3.68. The molecule has 3 aromatic rings. The van der Waals surface area contributed by atoms with Gasteiger partial charge >= 0.3 is 5.76 Å². The minimum atomic E-state index is -0.529. The summed E-state index contributed by atoms with van der Waals surface area (Å²) in [4.78, 5) is 23.1. The molecule has 1 N–H and O–H groups in total. The van der Waals surface area contributed by atoms with Gasteiger partial charge in [-0.1, -0.05) is 28.9 Å². The summed E-state index contributed by atoms with van der Waals surface area (Å²) in [5, 5.41) is 4.38. The standard InChI is InChI=1S/C20H18ClN5O3/c21-13-5-6-16-14(11-13)19(22-15-3-1-2-4-17(15)28-16)26-9-7-25(8-10-26)12-18-23-20(27)29-24-18/h1-6,11H,7-10,12H2,(H,23,24,27). The number of nitrogens with zero attached hydrogens (tertiary/aromatic N) is 4. The van der Waals surface area contributed by atoms with E-state index in [1.54, 1.807) is 0 Å². The Bertz CT molecular complexity index is 1130. The molecule has 5 rings (SSSR count). The number of halogens is 1. The number of fused-ring (bicyclic) bond motifs is 2. The SMILES string of the molecule is O=c1[nH]c(CN2CCN(C3=Nc4ccccc4Oc4ccc(Cl)cc43)CC2)no1. The van der Waals surface area contributed by atoms with Crippen LogP contribution in [0.2, 0.25) is 5.02 Å². The predicted molar refractivity (Wildman–Crippen MR) is 108 cm³/mol. The molecule has 3 heterocycles. The molecule has 0 unspecified atom stereocenters. The second-order valence-corrected chi connectivity index (χ2v) is 7.39. The van der Waals surface area contributed by atoms with Gasteiger partial charge < -0.3 is 9.64 Å². The predicted octanol–water partition coefficient (Wildman–Crippen LogP) is 3.02. The van der Waals surface area contributed by atoms with Crippen molar-refractivity contribution in [1.82, 2.24) is 19.9 Å². The van der Waals surface area contributed by atoms with Crippen molar-refractivity contribution in [1.29, 1.82) is 0 Å². The van der Waals surface area contributed by atoms with Gasteiger partial charge in [-0.2, -0.15) is 0 Å². The maximum atomic E-state index is 11.1. The monoisotopic (exact) mass is 411 g/mol. The van der Waals surface area contributed by atoms with E-state index >= 15 is 0 Å². The highest BCUT2D eigenvalue weighted by Gasteiger charge is 2.26. The number of aromatic amines is 1. The third-order valence-corrected chi connectivity index (χ3v) is 5.26. The van der Waals surface area contributed by atoms with E-state index in [1.807, 2.05) is 42.5 Å². The summed E-state index contributed by atoms with van der Waals surface area (Å²) in [5.41, 5.74) is 1.67. The first-order valence-corrected chi connectivity index (χ1v) is 9.71. The Balaban J connectivity index is 1.42. The van der Waals surface area contributed by atoms with Crippen molar-refractivity contribution in [3.05, 3.63) is 69.4 Å². The topological polar surface area (TPSA) is 87.0 Å². The number of benzene rings is 2. The van der Waals surface area contributed by atoms with Gasteiger partial charge in [0.2, 0.25) is 0 Å². The largest absolute Gasteiger partial charge is 0.454 e. The van der Waals surface area contributed by atoms with Crippen LogP contribution in [0.4, 0.5) is 5.69 Å². The lowest BCUT2D eigenvalue weighted by molar-refractivity contribution is 0.170. The molecule has 1 saturated heterocycles. The molecule has 9 heteroatoms. The van der Waals surface area contributed by atoms with Crippen molar-refractivity contribution in [2.24, 2.45) is 4.99 Å². The van der Waals surface area contributed by atoms with Gasteiger partial charge in [0, 0.05) is 31.2 Å². The molecule has 0 aliphatic carbocycles. The molecule has 1 fully saturated rings. The average Bonchev–Trinajstić information content (AvgIpc) is 3.06. The fraction of sp³-hybridized carbons (Fsp3) is 0.250. The number of H-pyrrole nitrogens is 1. The highest BCUT2D eigenvalue weighted by atomic mass is 35.5. The maximum Gasteiger partial charge on any atom is 0.438 e. The Morgan fingerprint density at radius 1 is 1.07 bits per heavy atom. The van der Waals surface area contributed by atoms with Gasteiger partial charge in [0.1, 0.15) is 17.3 Å². The first-order chi connectivity index (χ1) is 14.2. The van der Waals surface area contributed by atoms with E-state index < -0.39 is 5.76 Å². The van der Waals surface area contributed by atoms with Crippen molar-refractivity contribution >= 4 is 23.1 Å². The third-order valence-electron chi connectivity index (χ3n) is 5.02. The molecule has 8 nitrogen and oxygen atoms in total. The van der Waals surface area contributed by atoms with Crippen LogP contribution >= 0.6 is 11.6 Å². The quantitative estimate of drug-likeness (QED) is 0.697. The smallest absolute Gasteiger partial charge is 0.438 e. The summed E-state index contributed by atoms with van der Waals surface area (Å²) < 4.78 is 10.7. The molecule has 29 heavy (non-hydrogen) atoms. The van der Waals surface area contributed by atoms with Crippen LogP contribution in [0.5, 0.6) is 11.5 Å². The Hall–Kier alpha value is -3.10. The number of aromatic nitrogens is 2. The molecule has 0 spiro atoms. The normalized spacial score (nSPS) is 16.4. The number of piperazine rings is 1. The van der Waals surface area contributed by atoms with Crippen LogP contribution in [0.25, 0.3) is 0 Å². The Labute approximate surface area is 171 Å². The first-order valence-electron chi connectivity index (χ1n) is 9.33. The number of aliphatic imine (C=N–C) groups is 1. The molecule has 0 radical (unpaired) electrons. The summed E-state index contributed by atoms with van der Waals surface area (Å²) in [6.07, 6.45) is 0. The average molecular weight is 412 g/mol.